The van der Waals surface area contributed by atoms with Crippen molar-refractivity contribution < 1.29 is 4.84 Å². The Labute approximate surface area is 36.0 Å². The molecule has 2 nitrogen and oxygen atoms in total. The monoisotopic (exact) mass is 95.0 g/mol. The van der Waals surface area contributed by atoms with Gasteiger partial charge in [0, 0.05) is 7.05 Å². The summed E-state index contributed by atoms with van der Waals surface area (Å²) in [7, 11) is 1.66. The molecule has 5 heavy (non-hydrogen) atoms. The van der Waals surface area contributed by atoms with Crippen molar-refractivity contribution in [2.45, 2.75) is 0 Å². The normalized spacial score (nSPS) is 8.40. The average molecular weight is 95.5 g/mol. The van der Waals surface area contributed by atoms with Gasteiger partial charge in [0.1, 0.15) is 6.07 Å². The van der Waals surface area contributed by atoms with Crippen molar-refractivity contribution in [1.29, 1.82) is 0 Å². The molecule has 0 amide bonds. The lowest BCUT2D eigenvalue weighted by Crippen LogP contribution is -2.03. The molecular formula is C2H6ClNO. The van der Waals surface area contributed by atoms with E-state index in [9.17, 15) is 0 Å². The molecule has 0 aromatic heterocycles. The number of hydrogen-bond donors (Lipinski definition) is 1. The van der Waals surface area contributed by atoms with Crippen LogP contribution in [-0.4, -0.2) is 13.1 Å². The molecular weight excluding hydrogens is 89.5 g/mol. The zero-order valence-electron chi connectivity index (χ0n) is 2.99. The quantitative estimate of drug-likeness (QED) is 0.394. The van der Waals surface area contributed by atoms with Gasteiger partial charge in [-0.05, 0) is 0 Å². The first-order valence-electron chi connectivity index (χ1n) is 1.26. The maximum atomic E-state index is 5.02. The summed E-state index contributed by atoms with van der Waals surface area (Å²) in [5.74, 6) is 0. The van der Waals surface area contributed by atoms with Crippen LogP contribution in [-0.2, 0) is 4.84 Å². The minimum Gasteiger partial charge on any atom is -0.286 e. The average Bonchev–Trinajstić information content (AvgIpc) is 1.41. The fourth-order valence-electron chi connectivity index (χ4n) is 0.0546. The molecule has 32 valence electrons. The van der Waals surface area contributed by atoms with E-state index in [0.29, 0.717) is 0 Å². The van der Waals surface area contributed by atoms with Crippen molar-refractivity contribution in [1.82, 2.24) is 5.48 Å². The molecule has 0 bridgehead atoms. The summed E-state index contributed by atoms with van der Waals surface area (Å²) in [6.45, 7) is 0. The van der Waals surface area contributed by atoms with Gasteiger partial charge in [-0.15, -0.1) is 0 Å². The second kappa shape index (κ2) is 4.21. The zero-order valence-corrected chi connectivity index (χ0v) is 3.75. The van der Waals surface area contributed by atoms with E-state index < -0.39 is 0 Å². The Morgan fingerprint density at radius 3 is 2.60 bits per heavy atom. The number of hydroxylamine groups is 1. The Bertz CT molecular complexity index is 17.1. The summed E-state index contributed by atoms with van der Waals surface area (Å²) in [5.41, 5.74) is 2.39. The van der Waals surface area contributed by atoms with Crippen molar-refractivity contribution in [2.24, 2.45) is 0 Å². The van der Waals surface area contributed by atoms with Gasteiger partial charge in [-0.25, -0.2) is 5.48 Å². The second-order valence-electron chi connectivity index (χ2n) is 0.458. The van der Waals surface area contributed by atoms with Gasteiger partial charge in [0.15, 0.2) is 0 Å². The highest BCUT2D eigenvalue weighted by Gasteiger charge is 1.63. The summed E-state index contributed by atoms with van der Waals surface area (Å²) in [5, 5.41) is 0. The topological polar surface area (TPSA) is 21.3 Å². The van der Waals surface area contributed by atoms with Crippen LogP contribution in [0.2, 0.25) is 0 Å². The number of rotatable bonds is 2. The van der Waals surface area contributed by atoms with Crippen LogP contribution >= 0.6 is 11.6 Å². The number of halogens is 1. The summed E-state index contributed by atoms with van der Waals surface area (Å²) >= 11 is 5.02. The van der Waals surface area contributed by atoms with Crippen molar-refractivity contribution in [3.63, 3.8) is 0 Å². The Morgan fingerprint density at radius 2 is 2.60 bits per heavy atom. The van der Waals surface area contributed by atoms with E-state index >= 15 is 0 Å². The van der Waals surface area contributed by atoms with Gasteiger partial charge in [-0.1, -0.05) is 11.6 Å². The van der Waals surface area contributed by atoms with E-state index in [-0.39, 0.29) is 6.07 Å². The van der Waals surface area contributed by atoms with E-state index in [1.54, 1.807) is 7.05 Å². The van der Waals surface area contributed by atoms with Crippen LogP contribution in [0.15, 0.2) is 0 Å². The van der Waals surface area contributed by atoms with Gasteiger partial charge in [0.05, 0.1) is 0 Å². The summed E-state index contributed by atoms with van der Waals surface area (Å²) in [4.78, 5) is 4.35. The van der Waals surface area contributed by atoms with Crippen LogP contribution in [0.3, 0.4) is 0 Å². The Hall–Kier alpha value is 0.210. The molecule has 3 heteroatoms. The highest BCUT2D eigenvalue weighted by atomic mass is 35.5. The smallest absolute Gasteiger partial charge is 0.142 e. The predicted octanol–water partition coefficient (Wildman–Crippen LogP) is 0.334. The van der Waals surface area contributed by atoms with Crippen LogP contribution in [0.25, 0.3) is 0 Å². The largest absolute Gasteiger partial charge is 0.286 e. The fraction of sp³-hybridized carbons (Fsp3) is 1.00. The lowest BCUT2D eigenvalue weighted by Gasteiger charge is -1.86. The van der Waals surface area contributed by atoms with Crippen LogP contribution in [0.4, 0.5) is 0 Å². The molecule has 0 aliphatic carbocycles. The molecule has 0 fully saturated rings. The summed E-state index contributed by atoms with van der Waals surface area (Å²) in [6, 6.07) is 0.205. The fourth-order valence-corrected chi connectivity index (χ4v) is 0.164. The Morgan fingerprint density at radius 1 is 2.00 bits per heavy atom. The van der Waals surface area contributed by atoms with Crippen LogP contribution in [0.1, 0.15) is 0 Å². The number of alkyl halides is 1. The molecule has 0 saturated carbocycles. The molecule has 0 aromatic carbocycles. The van der Waals surface area contributed by atoms with E-state index in [2.05, 4.69) is 10.3 Å². The van der Waals surface area contributed by atoms with Crippen molar-refractivity contribution in [3.05, 3.63) is 0 Å². The number of nitrogens with one attached hydrogen (secondary N) is 1. The van der Waals surface area contributed by atoms with Gasteiger partial charge < -0.3 is 0 Å². The summed E-state index contributed by atoms with van der Waals surface area (Å²) < 4.78 is 0. The van der Waals surface area contributed by atoms with Crippen LogP contribution < -0.4 is 5.48 Å². The molecule has 0 aromatic rings. The first-order valence-corrected chi connectivity index (χ1v) is 1.79. The van der Waals surface area contributed by atoms with Gasteiger partial charge in [0.2, 0.25) is 0 Å². The zero-order chi connectivity index (χ0) is 4.12. The maximum absolute atomic E-state index is 5.02. The third-order valence-electron chi connectivity index (χ3n) is 0.199. The molecule has 0 rings (SSSR count). The van der Waals surface area contributed by atoms with E-state index in [0.717, 1.165) is 0 Å². The van der Waals surface area contributed by atoms with Crippen LogP contribution in [0.5, 0.6) is 0 Å². The highest BCUT2D eigenvalue weighted by molar-refractivity contribution is 6.17. The molecule has 0 spiro atoms. The SMILES string of the molecule is CNOCCl. The third-order valence-corrected chi connectivity index (χ3v) is 0.308. The maximum Gasteiger partial charge on any atom is 0.142 e. The third kappa shape index (κ3) is 4.21. The van der Waals surface area contributed by atoms with Crippen molar-refractivity contribution in [3.8, 4) is 0 Å². The molecule has 0 radical (unpaired) electrons. The van der Waals surface area contributed by atoms with Crippen molar-refractivity contribution in [2.75, 3.05) is 13.1 Å². The van der Waals surface area contributed by atoms with Gasteiger partial charge in [-0.2, -0.15) is 0 Å². The minimum absolute atomic E-state index is 0.205. The Kier molecular flexibility index (Phi) is 4.39. The summed E-state index contributed by atoms with van der Waals surface area (Å²) in [6.07, 6.45) is 0. The lowest BCUT2D eigenvalue weighted by molar-refractivity contribution is 0.0954. The predicted molar refractivity (Wildman–Crippen MR) is 20.9 cm³/mol. The first-order chi connectivity index (χ1) is 2.41. The molecule has 0 heterocycles. The minimum atomic E-state index is 0.205. The molecule has 0 unspecified atom stereocenters. The van der Waals surface area contributed by atoms with E-state index in [1.165, 1.54) is 0 Å². The van der Waals surface area contributed by atoms with E-state index in [1.807, 2.05) is 0 Å². The first kappa shape index (κ1) is 5.21. The van der Waals surface area contributed by atoms with Gasteiger partial charge in [-0.3, -0.25) is 4.84 Å². The highest BCUT2D eigenvalue weighted by Crippen LogP contribution is 1.67. The second-order valence-corrected chi connectivity index (χ2v) is 0.676. The molecule has 0 saturated heterocycles. The van der Waals surface area contributed by atoms with Crippen LogP contribution in [0, 0.1) is 0 Å². The van der Waals surface area contributed by atoms with E-state index in [4.69, 9.17) is 11.6 Å². The molecule has 0 aliphatic rings. The van der Waals surface area contributed by atoms with Gasteiger partial charge >= 0.3 is 0 Å². The molecule has 1 N–H and O–H groups in total. The lowest BCUT2D eigenvalue weighted by atomic mass is 11.5. The van der Waals surface area contributed by atoms with Gasteiger partial charge in [0.25, 0.3) is 0 Å². The van der Waals surface area contributed by atoms with Crippen molar-refractivity contribution >= 4 is 11.6 Å². The number of hydrogen-bond acceptors (Lipinski definition) is 2. The molecule has 0 atom stereocenters. The molecule has 0 aliphatic heterocycles. The Balaban J connectivity index is 2.19. The standard InChI is InChI=1S/C2H6ClNO/c1-4-5-2-3/h4H,2H2,1H3.